The summed E-state index contributed by atoms with van der Waals surface area (Å²) in [5, 5.41) is 0.332. The summed E-state index contributed by atoms with van der Waals surface area (Å²) in [4.78, 5) is 29.8. The van der Waals surface area contributed by atoms with Crippen molar-refractivity contribution in [3.05, 3.63) is 82.8 Å². The number of ether oxygens (including phenoxy) is 3. The summed E-state index contributed by atoms with van der Waals surface area (Å²) in [6.45, 7) is 1.09. The van der Waals surface area contributed by atoms with Gasteiger partial charge in [-0.1, -0.05) is 29.8 Å². The molecule has 0 saturated heterocycles. The van der Waals surface area contributed by atoms with Crippen LogP contribution < -0.4 is 9.47 Å². The molecule has 0 aliphatic rings. The summed E-state index contributed by atoms with van der Waals surface area (Å²) in [6.07, 6.45) is 2.14. The van der Waals surface area contributed by atoms with E-state index in [-0.39, 0.29) is 38.1 Å². The van der Waals surface area contributed by atoms with Crippen LogP contribution in [0.25, 0.3) is 0 Å². The van der Waals surface area contributed by atoms with Gasteiger partial charge in [0.2, 0.25) is 5.91 Å². The molecule has 0 unspecified atom stereocenters. The highest BCUT2D eigenvalue weighted by Crippen LogP contribution is 2.28. The maximum Gasteiger partial charge on any atom is 0.255 e. The summed E-state index contributed by atoms with van der Waals surface area (Å²) in [6, 6.07) is 16.0. The second-order valence-electron chi connectivity index (χ2n) is 8.03. The third-order valence-electron chi connectivity index (χ3n) is 5.68. The van der Waals surface area contributed by atoms with Crippen LogP contribution in [-0.2, 0) is 22.5 Å². The zero-order valence-corrected chi connectivity index (χ0v) is 21.5. The lowest BCUT2D eigenvalue weighted by Gasteiger charge is -2.27. The molecule has 0 spiro atoms. The van der Waals surface area contributed by atoms with E-state index in [0.717, 1.165) is 5.56 Å². The van der Waals surface area contributed by atoms with E-state index >= 15 is 0 Å². The molecule has 3 aromatic rings. The van der Waals surface area contributed by atoms with Gasteiger partial charge in [0.15, 0.2) is 11.5 Å². The Morgan fingerprint density at radius 1 is 0.917 bits per heavy atom. The van der Waals surface area contributed by atoms with Gasteiger partial charge in [0.1, 0.15) is 12.3 Å². The molecule has 1 heterocycles. The lowest BCUT2D eigenvalue weighted by molar-refractivity contribution is -0.132. The average Bonchev–Trinajstić information content (AvgIpc) is 3.41. The third-order valence-corrected chi connectivity index (χ3v) is 6.01. The Morgan fingerprint density at radius 2 is 1.69 bits per heavy atom. The Balaban J connectivity index is 1.78. The fraction of sp³-hybridized carbons (Fsp3) is 0.333. The van der Waals surface area contributed by atoms with E-state index in [4.69, 9.17) is 30.2 Å². The number of amides is 2. The van der Waals surface area contributed by atoms with Crippen molar-refractivity contribution in [3.8, 4) is 11.5 Å². The number of hydrogen-bond acceptors (Lipinski definition) is 6. The fourth-order valence-corrected chi connectivity index (χ4v) is 3.92. The molecule has 2 amide bonds. The highest BCUT2D eigenvalue weighted by atomic mass is 35.5. The molecule has 8 nitrogen and oxygen atoms in total. The van der Waals surface area contributed by atoms with Crippen molar-refractivity contribution in [2.75, 3.05) is 47.6 Å². The minimum absolute atomic E-state index is 0.125. The molecule has 0 aliphatic heterocycles. The van der Waals surface area contributed by atoms with E-state index in [0.29, 0.717) is 40.8 Å². The van der Waals surface area contributed by atoms with E-state index in [1.54, 1.807) is 62.8 Å². The second kappa shape index (κ2) is 13.6. The molecule has 36 heavy (non-hydrogen) atoms. The van der Waals surface area contributed by atoms with Gasteiger partial charge in [0.05, 0.1) is 44.2 Å². The minimum atomic E-state index is -0.330. The molecule has 1 aromatic heterocycles. The van der Waals surface area contributed by atoms with Crippen LogP contribution in [0.1, 0.15) is 21.7 Å². The van der Waals surface area contributed by atoms with Crippen molar-refractivity contribution in [2.24, 2.45) is 0 Å². The van der Waals surface area contributed by atoms with Crippen LogP contribution >= 0.6 is 11.6 Å². The van der Waals surface area contributed by atoms with Crippen LogP contribution in [0.4, 0.5) is 0 Å². The Morgan fingerprint density at radius 3 is 2.36 bits per heavy atom. The highest BCUT2D eigenvalue weighted by molar-refractivity contribution is 6.33. The quantitative estimate of drug-likeness (QED) is 0.338. The minimum Gasteiger partial charge on any atom is -0.493 e. The summed E-state index contributed by atoms with van der Waals surface area (Å²) in [5.41, 5.74) is 1.32. The maximum absolute atomic E-state index is 13.5. The van der Waals surface area contributed by atoms with Crippen molar-refractivity contribution in [1.82, 2.24) is 9.80 Å². The van der Waals surface area contributed by atoms with Crippen LogP contribution in [0, 0.1) is 0 Å². The van der Waals surface area contributed by atoms with Crippen LogP contribution in [0.3, 0.4) is 0 Å². The molecule has 0 bridgehead atoms. The van der Waals surface area contributed by atoms with Crippen LogP contribution in [0.15, 0.2) is 65.3 Å². The molecule has 0 fully saturated rings. The molecule has 2 aromatic carbocycles. The van der Waals surface area contributed by atoms with Crippen molar-refractivity contribution in [3.63, 3.8) is 0 Å². The Hall–Kier alpha value is -3.49. The third kappa shape index (κ3) is 7.26. The molecular weight excluding hydrogens is 484 g/mol. The molecule has 3 rings (SSSR count). The van der Waals surface area contributed by atoms with Crippen molar-refractivity contribution < 1.29 is 28.2 Å². The zero-order valence-electron chi connectivity index (χ0n) is 20.7. The zero-order chi connectivity index (χ0) is 25.9. The lowest BCUT2D eigenvalue weighted by Crippen LogP contribution is -2.44. The number of nitrogens with zero attached hydrogens (tertiary/aromatic N) is 2. The van der Waals surface area contributed by atoms with Gasteiger partial charge in [-0.25, -0.2) is 0 Å². The van der Waals surface area contributed by atoms with Crippen LogP contribution in [-0.4, -0.2) is 69.2 Å². The monoisotopic (exact) mass is 514 g/mol. The highest BCUT2D eigenvalue weighted by Gasteiger charge is 2.24. The maximum atomic E-state index is 13.5. The van der Waals surface area contributed by atoms with Gasteiger partial charge in [-0.15, -0.1) is 0 Å². The molecule has 0 N–H and O–H groups in total. The van der Waals surface area contributed by atoms with Crippen molar-refractivity contribution >= 4 is 23.4 Å². The molecule has 0 radical (unpaired) electrons. The number of carbonyl (C=O) groups excluding carboxylic acids is 2. The molecule has 0 saturated carbocycles. The SMILES string of the molecule is COCCN(CC(=O)N(CCc1ccc(OC)c(OC)c1)Cc1ccco1)C(=O)c1ccccc1Cl. The van der Waals surface area contributed by atoms with E-state index in [1.807, 2.05) is 24.3 Å². The van der Waals surface area contributed by atoms with Crippen molar-refractivity contribution in [1.29, 1.82) is 0 Å². The van der Waals surface area contributed by atoms with Crippen LogP contribution in [0.5, 0.6) is 11.5 Å². The Labute approximate surface area is 216 Å². The first-order valence-corrected chi connectivity index (χ1v) is 11.9. The predicted molar refractivity (Wildman–Crippen MR) is 137 cm³/mol. The van der Waals surface area contributed by atoms with Gasteiger partial charge in [-0.05, 0) is 48.4 Å². The molecule has 0 aliphatic carbocycles. The van der Waals surface area contributed by atoms with Gasteiger partial charge in [-0.3, -0.25) is 9.59 Å². The molecular formula is C27H31ClN2O6. The molecule has 0 atom stereocenters. The number of carbonyl (C=O) groups is 2. The van der Waals surface area contributed by atoms with Gasteiger partial charge >= 0.3 is 0 Å². The standard InChI is InChI=1S/C27H31ClN2O6/c1-33-16-14-30(27(32)22-8-4-5-9-23(22)28)19-26(31)29(18-21-7-6-15-36-21)13-12-20-10-11-24(34-2)25(17-20)35-3/h4-11,15,17H,12-14,16,18-19H2,1-3H3. The van der Waals surface area contributed by atoms with E-state index in [9.17, 15) is 9.59 Å². The summed E-state index contributed by atoms with van der Waals surface area (Å²) in [7, 11) is 4.71. The van der Waals surface area contributed by atoms with E-state index < -0.39 is 0 Å². The van der Waals surface area contributed by atoms with Gasteiger partial charge in [-0.2, -0.15) is 0 Å². The number of methoxy groups -OCH3 is 3. The van der Waals surface area contributed by atoms with Crippen molar-refractivity contribution in [2.45, 2.75) is 13.0 Å². The lowest BCUT2D eigenvalue weighted by atomic mass is 10.1. The summed E-state index contributed by atoms with van der Waals surface area (Å²) < 4.78 is 21.4. The van der Waals surface area contributed by atoms with Crippen LogP contribution in [0.2, 0.25) is 5.02 Å². The number of rotatable bonds is 13. The predicted octanol–water partition coefficient (Wildman–Crippen LogP) is 4.31. The van der Waals surface area contributed by atoms with E-state index in [1.165, 1.54) is 4.90 Å². The molecule has 192 valence electrons. The summed E-state index contributed by atoms with van der Waals surface area (Å²) in [5.74, 6) is 1.36. The Bertz CT molecular complexity index is 1140. The van der Waals surface area contributed by atoms with Gasteiger partial charge in [0, 0.05) is 20.2 Å². The second-order valence-corrected chi connectivity index (χ2v) is 8.44. The van der Waals surface area contributed by atoms with E-state index in [2.05, 4.69) is 0 Å². The fourth-order valence-electron chi connectivity index (χ4n) is 3.70. The topological polar surface area (TPSA) is 81.5 Å². The smallest absolute Gasteiger partial charge is 0.255 e. The summed E-state index contributed by atoms with van der Waals surface area (Å²) >= 11 is 6.25. The number of hydrogen-bond donors (Lipinski definition) is 0. The van der Waals surface area contributed by atoms with Gasteiger partial charge < -0.3 is 28.4 Å². The number of benzene rings is 2. The Kier molecular flexibility index (Phi) is 10.2. The average molecular weight is 515 g/mol. The largest absolute Gasteiger partial charge is 0.493 e. The first kappa shape index (κ1) is 27.1. The molecule has 9 heteroatoms. The first-order valence-electron chi connectivity index (χ1n) is 11.5. The van der Waals surface area contributed by atoms with Gasteiger partial charge in [0.25, 0.3) is 5.91 Å². The number of halogens is 1. The normalized spacial score (nSPS) is 10.7. The number of furan rings is 1. The first-order chi connectivity index (χ1) is 17.5.